The Hall–Kier alpha value is -1.71. The van der Waals surface area contributed by atoms with Crippen LogP contribution in [0.25, 0.3) is 11.4 Å². The van der Waals surface area contributed by atoms with Crippen molar-refractivity contribution in [3.8, 4) is 11.4 Å². The largest absolute Gasteiger partial charge is 0.370 e. The third-order valence-electron chi connectivity index (χ3n) is 3.73. The Morgan fingerprint density at radius 3 is 2.96 bits per heavy atom. The van der Waals surface area contributed by atoms with E-state index in [2.05, 4.69) is 20.4 Å². The monoisotopic (exact) mass is 431 g/mol. The average Bonchev–Trinajstić information content (AvgIpc) is 2.92. The molecule has 23 heavy (non-hydrogen) atoms. The molecule has 1 aliphatic carbocycles. The second-order valence-corrected chi connectivity index (χ2v) is 5.40. The number of rotatable bonds is 5. The smallest absolute Gasteiger partial charge is 0.248 e. The number of nitrogens with zero attached hydrogens (tertiary/aromatic N) is 3. The summed E-state index contributed by atoms with van der Waals surface area (Å²) in [5.74, 6) is 1.42. The molecular formula is C15H19FIN5O. The van der Waals surface area contributed by atoms with Crippen LogP contribution in [0, 0.1) is 11.7 Å². The summed E-state index contributed by atoms with van der Waals surface area (Å²) in [7, 11) is 0. The highest BCUT2D eigenvalue weighted by molar-refractivity contribution is 14.0. The predicted octanol–water partition coefficient (Wildman–Crippen LogP) is 2.70. The fourth-order valence-electron chi connectivity index (χ4n) is 2.22. The SMILES string of the molecule is I.NC(=NCc1nc(-c2cccc(F)c2)no1)NCC1CCC1. The highest BCUT2D eigenvalue weighted by Crippen LogP contribution is 2.25. The van der Waals surface area contributed by atoms with Crippen molar-refractivity contribution < 1.29 is 8.91 Å². The van der Waals surface area contributed by atoms with Crippen LogP contribution in [0.3, 0.4) is 0 Å². The van der Waals surface area contributed by atoms with E-state index in [0.29, 0.717) is 29.2 Å². The van der Waals surface area contributed by atoms with Gasteiger partial charge in [-0.05, 0) is 30.9 Å². The van der Waals surface area contributed by atoms with Crippen molar-refractivity contribution in [1.82, 2.24) is 15.5 Å². The minimum atomic E-state index is -0.341. The van der Waals surface area contributed by atoms with Crippen molar-refractivity contribution in [3.05, 3.63) is 36.0 Å². The summed E-state index contributed by atoms with van der Waals surface area (Å²) < 4.78 is 18.3. The van der Waals surface area contributed by atoms with E-state index >= 15 is 0 Å². The standard InChI is InChI=1S/C15H18FN5O.HI/c16-12-6-2-5-11(7-12)14-20-13(22-21-14)9-19-15(17)18-8-10-3-1-4-10;/h2,5-7,10H,1,3-4,8-9H2,(H3,17,18,19);1H. The first-order valence-electron chi connectivity index (χ1n) is 7.33. The maximum Gasteiger partial charge on any atom is 0.248 e. The Labute approximate surface area is 150 Å². The van der Waals surface area contributed by atoms with E-state index in [1.54, 1.807) is 12.1 Å². The van der Waals surface area contributed by atoms with Gasteiger partial charge in [0.25, 0.3) is 0 Å². The number of nitrogens with one attached hydrogen (secondary N) is 1. The molecule has 0 bridgehead atoms. The fraction of sp³-hybridized carbons (Fsp3) is 0.400. The lowest BCUT2D eigenvalue weighted by molar-refractivity contribution is 0.315. The van der Waals surface area contributed by atoms with Crippen LogP contribution < -0.4 is 11.1 Å². The molecule has 124 valence electrons. The zero-order chi connectivity index (χ0) is 15.4. The Morgan fingerprint density at radius 1 is 1.43 bits per heavy atom. The molecule has 1 fully saturated rings. The van der Waals surface area contributed by atoms with E-state index in [1.165, 1.54) is 31.4 Å². The van der Waals surface area contributed by atoms with Gasteiger partial charge < -0.3 is 15.6 Å². The highest BCUT2D eigenvalue weighted by Gasteiger charge is 2.16. The zero-order valence-electron chi connectivity index (χ0n) is 12.5. The molecule has 0 unspecified atom stereocenters. The number of benzene rings is 1. The van der Waals surface area contributed by atoms with E-state index in [4.69, 9.17) is 10.3 Å². The van der Waals surface area contributed by atoms with Crippen LogP contribution in [0.4, 0.5) is 4.39 Å². The second-order valence-electron chi connectivity index (χ2n) is 5.40. The summed E-state index contributed by atoms with van der Waals surface area (Å²) >= 11 is 0. The molecule has 0 atom stereocenters. The van der Waals surface area contributed by atoms with E-state index < -0.39 is 0 Å². The van der Waals surface area contributed by atoms with Crippen LogP contribution >= 0.6 is 24.0 Å². The average molecular weight is 431 g/mol. The molecule has 1 aromatic carbocycles. The van der Waals surface area contributed by atoms with Crippen LogP contribution in [0.5, 0.6) is 0 Å². The number of aliphatic imine (C=N–C) groups is 1. The van der Waals surface area contributed by atoms with Gasteiger partial charge in [-0.2, -0.15) is 4.98 Å². The maximum atomic E-state index is 13.2. The number of hydrogen-bond donors (Lipinski definition) is 2. The molecule has 0 aliphatic heterocycles. The molecule has 1 aromatic heterocycles. The van der Waals surface area contributed by atoms with Gasteiger partial charge in [-0.25, -0.2) is 9.38 Å². The minimum Gasteiger partial charge on any atom is -0.370 e. The maximum absolute atomic E-state index is 13.2. The molecule has 3 rings (SSSR count). The molecule has 0 spiro atoms. The Balaban J connectivity index is 0.00000192. The normalized spacial score (nSPS) is 14.9. The van der Waals surface area contributed by atoms with Crippen molar-refractivity contribution in [2.45, 2.75) is 25.8 Å². The molecular weight excluding hydrogens is 412 g/mol. The summed E-state index contributed by atoms with van der Waals surface area (Å²) in [5.41, 5.74) is 6.35. The Kier molecular flexibility index (Phi) is 6.31. The van der Waals surface area contributed by atoms with Gasteiger partial charge in [0, 0.05) is 12.1 Å². The van der Waals surface area contributed by atoms with Crippen molar-refractivity contribution in [2.75, 3.05) is 6.54 Å². The van der Waals surface area contributed by atoms with Gasteiger partial charge in [0.15, 0.2) is 5.96 Å². The Morgan fingerprint density at radius 2 is 2.26 bits per heavy atom. The molecule has 0 saturated heterocycles. The lowest BCUT2D eigenvalue weighted by Gasteiger charge is -2.25. The van der Waals surface area contributed by atoms with Gasteiger partial charge in [-0.1, -0.05) is 23.7 Å². The van der Waals surface area contributed by atoms with Gasteiger partial charge in [0.05, 0.1) is 0 Å². The minimum absolute atomic E-state index is 0. The molecule has 8 heteroatoms. The van der Waals surface area contributed by atoms with Gasteiger partial charge >= 0.3 is 0 Å². The van der Waals surface area contributed by atoms with Crippen LogP contribution in [-0.4, -0.2) is 22.6 Å². The summed E-state index contributed by atoms with van der Waals surface area (Å²) in [6, 6.07) is 6.03. The van der Waals surface area contributed by atoms with Crippen molar-refractivity contribution in [2.24, 2.45) is 16.6 Å². The Bertz CT molecular complexity index is 671. The first-order chi connectivity index (χ1) is 10.7. The third kappa shape index (κ3) is 4.88. The summed E-state index contributed by atoms with van der Waals surface area (Å²) in [6.07, 6.45) is 3.80. The molecule has 2 aromatic rings. The number of aromatic nitrogens is 2. The molecule has 1 saturated carbocycles. The van der Waals surface area contributed by atoms with Crippen molar-refractivity contribution >= 4 is 29.9 Å². The fourth-order valence-corrected chi connectivity index (χ4v) is 2.22. The summed E-state index contributed by atoms with van der Waals surface area (Å²) in [4.78, 5) is 8.34. The topological polar surface area (TPSA) is 89.3 Å². The highest BCUT2D eigenvalue weighted by atomic mass is 127. The molecule has 0 radical (unpaired) electrons. The quantitative estimate of drug-likeness (QED) is 0.432. The van der Waals surface area contributed by atoms with E-state index in [-0.39, 0.29) is 36.3 Å². The van der Waals surface area contributed by atoms with Gasteiger partial charge in [0.1, 0.15) is 12.4 Å². The molecule has 1 aliphatic rings. The van der Waals surface area contributed by atoms with E-state index in [9.17, 15) is 4.39 Å². The molecule has 3 N–H and O–H groups in total. The summed E-state index contributed by atoms with van der Waals surface area (Å²) in [6.45, 7) is 1.06. The zero-order valence-corrected chi connectivity index (χ0v) is 14.9. The molecule has 0 amide bonds. The molecule has 6 nitrogen and oxygen atoms in total. The van der Waals surface area contributed by atoms with E-state index in [1.807, 2.05) is 0 Å². The van der Waals surface area contributed by atoms with E-state index in [0.717, 1.165) is 6.54 Å². The lowest BCUT2D eigenvalue weighted by Crippen LogP contribution is -2.37. The van der Waals surface area contributed by atoms with Gasteiger partial charge in [-0.3, -0.25) is 0 Å². The number of guanidine groups is 1. The number of nitrogens with two attached hydrogens (primary N) is 1. The van der Waals surface area contributed by atoms with Gasteiger partial charge in [0.2, 0.25) is 11.7 Å². The van der Waals surface area contributed by atoms with Crippen LogP contribution in [0.1, 0.15) is 25.2 Å². The number of hydrogen-bond acceptors (Lipinski definition) is 4. The van der Waals surface area contributed by atoms with Crippen LogP contribution in [0.2, 0.25) is 0 Å². The summed E-state index contributed by atoms with van der Waals surface area (Å²) in [5, 5.41) is 6.91. The third-order valence-corrected chi connectivity index (χ3v) is 3.73. The number of halogens is 2. The van der Waals surface area contributed by atoms with Crippen LogP contribution in [-0.2, 0) is 6.54 Å². The van der Waals surface area contributed by atoms with Gasteiger partial charge in [-0.15, -0.1) is 24.0 Å². The first-order valence-corrected chi connectivity index (χ1v) is 7.33. The van der Waals surface area contributed by atoms with Crippen molar-refractivity contribution in [3.63, 3.8) is 0 Å². The first kappa shape index (κ1) is 17.6. The lowest BCUT2D eigenvalue weighted by atomic mass is 9.85. The molecule has 1 heterocycles. The van der Waals surface area contributed by atoms with Crippen molar-refractivity contribution in [1.29, 1.82) is 0 Å². The van der Waals surface area contributed by atoms with Crippen LogP contribution in [0.15, 0.2) is 33.8 Å². The second kappa shape index (κ2) is 8.23. The predicted molar refractivity (Wildman–Crippen MR) is 95.8 cm³/mol.